The number of carboxylic acid groups (broad SMARTS) is 1. The zero-order valence-electron chi connectivity index (χ0n) is 23.3. The molecule has 202 valence electrons. The molecule has 39 heavy (non-hydrogen) atoms. The van der Waals surface area contributed by atoms with Crippen molar-refractivity contribution in [2.75, 3.05) is 0 Å². The molecule has 0 aliphatic carbocycles. The van der Waals surface area contributed by atoms with Crippen LogP contribution in [0.2, 0.25) is 0 Å². The number of aromatic nitrogens is 3. The van der Waals surface area contributed by atoms with Crippen LogP contribution in [0.4, 0.5) is 0 Å². The average molecular weight is 543 g/mol. The van der Waals surface area contributed by atoms with E-state index < -0.39 is 11.4 Å². The first-order chi connectivity index (χ1) is 18.4. The number of ether oxygens (including phenoxy) is 1. The van der Waals surface area contributed by atoms with E-state index in [1.165, 1.54) is 0 Å². The Balaban J connectivity index is 1.84. The summed E-state index contributed by atoms with van der Waals surface area (Å²) in [4.78, 5) is 22.4. The molecule has 0 saturated heterocycles. The van der Waals surface area contributed by atoms with E-state index in [1.54, 1.807) is 43.9 Å². The fourth-order valence-corrected chi connectivity index (χ4v) is 5.35. The minimum absolute atomic E-state index is 0.127. The average Bonchev–Trinajstić information content (AvgIpc) is 3.13. The largest absolute Gasteiger partial charge is 0.486 e. The summed E-state index contributed by atoms with van der Waals surface area (Å²) < 4.78 is 8.07. The van der Waals surface area contributed by atoms with Crippen molar-refractivity contribution in [3.05, 3.63) is 82.9 Å². The third kappa shape index (κ3) is 6.79. The molecule has 4 rings (SSSR count). The Bertz CT molecular complexity index is 1530. The van der Waals surface area contributed by atoms with Crippen LogP contribution in [-0.2, 0) is 24.4 Å². The molecule has 0 spiro atoms. The number of nitriles is 1. The van der Waals surface area contributed by atoms with E-state index in [-0.39, 0.29) is 4.75 Å². The second-order valence-corrected chi connectivity index (χ2v) is 13.2. The lowest BCUT2D eigenvalue weighted by Gasteiger charge is -2.24. The highest BCUT2D eigenvalue weighted by Gasteiger charge is 2.33. The van der Waals surface area contributed by atoms with Gasteiger partial charge in [-0.05, 0) is 56.2 Å². The first-order valence-electron chi connectivity index (χ1n) is 12.8. The molecule has 1 N–H and O–H groups in total. The number of carbonyl (C=O) groups is 1. The van der Waals surface area contributed by atoms with Crippen LogP contribution in [0.1, 0.15) is 62.7 Å². The van der Waals surface area contributed by atoms with Crippen molar-refractivity contribution in [2.45, 2.75) is 70.8 Å². The summed E-state index contributed by atoms with van der Waals surface area (Å²) in [5.41, 5.74) is 4.21. The van der Waals surface area contributed by atoms with Gasteiger partial charge in [-0.3, -0.25) is 9.78 Å². The lowest BCUT2D eigenvalue weighted by molar-refractivity contribution is -0.146. The number of carboxylic acids is 1. The van der Waals surface area contributed by atoms with Crippen molar-refractivity contribution in [1.82, 2.24) is 14.5 Å². The molecule has 0 unspecified atom stereocenters. The van der Waals surface area contributed by atoms with Crippen molar-refractivity contribution in [3.8, 4) is 11.8 Å². The van der Waals surface area contributed by atoms with E-state index in [9.17, 15) is 15.2 Å². The highest BCUT2D eigenvalue weighted by molar-refractivity contribution is 8.00. The second-order valence-electron chi connectivity index (χ2n) is 11.4. The van der Waals surface area contributed by atoms with Gasteiger partial charge in [0.15, 0.2) is 0 Å². The fraction of sp³-hybridized carbons (Fsp3) is 0.355. The Kier molecular flexibility index (Phi) is 8.03. The van der Waals surface area contributed by atoms with Crippen LogP contribution in [0, 0.1) is 23.7 Å². The normalized spacial score (nSPS) is 11.9. The number of aryl methyl sites for hydroxylation is 1. The van der Waals surface area contributed by atoms with Gasteiger partial charge in [-0.2, -0.15) is 5.26 Å². The SMILES string of the molecule is Cc1ccc(COc2cnc3c(c2)c(SC(C)(C)C)c(CC(C)(C)C(=O)O)n3Cc2ccc(C#N)cc2)nc1. The third-order valence-electron chi connectivity index (χ3n) is 6.31. The zero-order chi connectivity index (χ0) is 28.4. The van der Waals surface area contributed by atoms with E-state index >= 15 is 0 Å². The van der Waals surface area contributed by atoms with Gasteiger partial charge in [0.25, 0.3) is 0 Å². The smallest absolute Gasteiger partial charge is 0.309 e. The monoisotopic (exact) mass is 542 g/mol. The van der Waals surface area contributed by atoms with Crippen molar-refractivity contribution in [1.29, 1.82) is 5.26 Å². The predicted octanol–water partition coefficient (Wildman–Crippen LogP) is 6.78. The Morgan fingerprint density at radius 1 is 1.08 bits per heavy atom. The molecule has 1 aromatic carbocycles. The summed E-state index contributed by atoms with van der Waals surface area (Å²) in [5, 5.41) is 20.1. The molecule has 4 aromatic rings. The molecule has 0 aliphatic rings. The van der Waals surface area contributed by atoms with Gasteiger partial charge >= 0.3 is 5.97 Å². The van der Waals surface area contributed by atoms with Crippen LogP contribution >= 0.6 is 11.8 Å². The first-order valence-corrected chi connectivity index (χ1v) is 13.6. The van der Waals surface area contributed by atoms with Crippen LogP contribution in [-0.4, -0.2) is 30.4 Å². The van der Waals surface area contributed by atoms with Crippen LogP contribution in [0.25, 0.3) is 11.0 Å². The number of nitrogens with zero attached hydrogens (tertiary/aromatic N) is 4. The molecule has 3 aromatic heterocycles. The molecule has 3 heterocycles. The van der Waals surface area contributed by atoms with E-state index in [2.05, 4.69) is 36.4 Å². The minimum atomic E-state index is -0.986. The number of hydrogen-bond donors (Lipinski definition) is 1. The Morgan fingerprint density at radius 2 is 1.79 bits per heavy atom. The quantitative estimate of drug-likeness (QED) is 0.233. The van der Waals surface area contributed by atoms with Gasteiger partial charge in [-0.25, -0.2) is 4.98 Å². The van der Waals surface area contributed by atoms with E-state index in [0.29, 0.717) is 30.9 Å². The number of thioether (sulfide) groups is 1. The molecular formula is C31H34N4O3S. The molecule has 0 bridgehead atoms. The molecule has 0 radical (unpaired) electrons. The molecule has 0 amide bonds. The maximum absolute atomic E-state index is 12.2. The predicted molar refractivity (Wildman–Crippen MR) is 154 cm³/mol. The summed E-state index contributed by atoms with van der Waals surface area (Å²) in [6.07, 6.45) is 3.86. The molecule has 7 nitrogen and oxygen atoms in total. The van der Waals surface area contributed by atoms with Crippen molar-refractivity contribution in [2.24, 2.45) is 5.41 Å². The molecule has 0 atom stereocenters. The number of fused-ring (bicyclic) bond motifs is 1. The van der Waals surface area contributed by atoms with Gasteiger partial charge in [0.05, 0.1) is 28.9 Å². The number of rotatable bonds is 9. The number of hydrogen-bond acceptors (Lipinski definition) is 6. The number of pyridine rings is 2. The molecule has 0 aliphatic heterocycles. The highest BCUT2D eigenvalue weighted by atomic mass is 32.2. The highest BCUT2D eigenvalue weighted by Crippen LogP contribution is 2.43. The van der Waals surface area contributed by atoms with Gasteiger partial charge < -0.3 is 14.4 Å². The lowest BCUT2D eigenvalue weighted by Crippen LogP contribution is -2.28. The number of aliphatic carboxylic acids is 1. The van der Waals surface area contributed by atoms with E-state index in [1.807, 2.05) is 43.5 Å². The van der Waals surface area contributed by atoms with Gasteiger partial charge in [0, 0.05) is 39.9 Å². The maximum Gasteiger partial charge on any atom is 0.309 e. The van der Waals surface area contributed by atoms with Gasteiger partial charge in [0.1, 0.15) is 18.0 Å². The maximum atomic E-state index is 12.2. The van der Waals surface area contributed by atoms with Gasteiger partial charge in [0.2, 0.25) is 0 Å². The van der Waals surface area contributed by atoms with Gasteiger partial charge in [-0.1, -0.05) is 39.0 Å². The van der Waals surface area contributed by atoms with Crippen LogP contribution in [0.3, 0.4) is 0 Å². The summed E-state index contributed by atoms with van der Waals surface area (Å²) in [6, 6.07) is 15.6. The van der Waals surface area contributed by atoms with Crippen molar-refractivity contribution < 1.29 is 14.6 Å². The summed E-state index contributed by atoms with van der Waals surface area (Å²) in [7, 11) is 0. The topological polar surface area (TPSA) is 101 Å². The molecule has 0 saturated carbocycles. The van der Waals surface area contributed by atoms with Crippen LogP contribution in [0.5, 0.6) is 5.75 Å². The van der Waals surface area contributed by atoms with Crippen LogP contribution < -0.4 is 4.74 Å². The minimum Gasteiger partial charge on any atom is -0.486 e. The summed E-state index contributed by atoms with van der Waals surface area (Å²) in [6.45, 7) is 12.7. The summed E-state index contributed by atoms with van der Waals surface area (Å²) in [5.74, 6) is -0.229. The van der Waals surface area contributed by atoms with Crippen LogP contribution in [0.15, 0.2) is 59.8 Å². The second kappa shape index (κ2) is 11.1. The Hall–Kier alpha value is -3.83. The fourth-order valence-electron chi connectivity index (χ4n) is 4.17. The van der Waals surface area contributed by atoms with Gasteiger partial charge in [-0.15, -0.1) is 11.8 Å². The van der Waals surface area contributed by atoms with E-state index in [0.717, 1.165) is 38.4 Å². The zero-order valence-corrected chi connectivity index (χ0v) is 24.1. The number of benzene rings is 1. The lowest BCUT2D eigenvalue weighted by atomic mass is 9.88. The van der Waals surface area contributed by atoms with E-state index in [4.69, 9.17) is 9.72 Å². The van der Waals surface area contributed by atoms with Crippen molar-refractivity contribution >= 4 is 28.8 Å². The standard InChI is InChI=1S/C31H34N4O3S/c1-20-7-12-23(33-16-20)19-38-24-13-25-27(39-30(2,3)4)26(14-31(5,6)29(36)37)35(28(25)34-17-24)18-22-10-8-21(15-32)9-11-22/h7-13,16-17H,14,18-19H2,1-6H3,(H,36,37). The molecule has 8 heteroatoms. The Labute approximate surface area is 233 Å². The molecule has 0 fully saturated rings. The van der Waals surface area contributed by atoms with Crippen molar-refractivity contribution in [3.63, 3.8) is 0 Å². The molecular weight excluding hydrogens is 508 g/mol. The third-order valence-corrected chi connectivity index (χ3v) is 7.58. The Morgan fingerprint density at radius 3 is 2.38 bits per heavy atom. The summed E-state index contributed by atoms with van der Waals surface area (Å²) >= 11 is 1.71. The first kappa shape index (κ1) is 28.2.